The number of nitrogens with zero attached hydrogens (tertiary/aromatic N) is 4. The Morgan fingerprint density at radius 2 is 0.714 bits per heavy atom. The van der Waals surface area contributed by atoms with Crippen LogP contribution in [0.3, 0.4) is 0 Å². The molecule has 8 amide bonds. The summed E-state index contributed by atoms with van der Waals surface area (Å²) in [5.74, 6) is -8.33. The molecule has 2 heterocycles. The highest BCUT2D eigenvalue weighted by molar-refractivity contribution is 6.56. The van der Waals surface area contributed by atoms with Gasteiger partial charge in [0.2, 0.25) is 11.6 Å². The number of hydrogen-bond acceptors (Lipinski definition) is 8. The van der Waals surface area contributed by atoms with Crippen LogP contribution < -0.4 is 0 Å². The molecule has 0 atom stereocenters. The third-order valence-electron chi connectivity index (χ3n) is 5.19. The number of rotatable bonds is 3. The van der Waals surface area contributed by atoms with Gasteiger partial charge in [-0.25, -0.2) is 9.59 Å². The van der Waals surface area contributed by atoms with Crippen molar-refractivity contribution in [2.24, 2.45) is 10.8 Å². The van der Waals surface area contributed by atoms with E-state index < -0.39 is 58.1 Å². The molecule has 2 rings (SSSR count). The van der Waals surface area contributed by atoms with Crippen LogP contribution in [-0.4, -0.2) is 95.0 Å². The maximum Gasteiger partial charge on any atom is 0.332 e. The van der Waals surface area contributed by atoms with Crippen molar-refractivity contribution in [2.75, 3.05) is 28.2 Å². The van der Waals surface area contributed by atoms with Crippen molar-refractivity contribution >= 4 is 47.3 Å². The second-order valence-electron chi connectivity index (χ2n) is 6.93. The molecule has 2 aliphatic heterocycles. The van der Waals surface area contributed by atoms with Gasteiger partial charge in [0.15, 0.2) is 10.8 Å². The van der Waals surface area contributed by atoms with Gasteiger partial charge in [0.05, 0.1) is 0 Å². The molecular weight excluding hydrogens is 376 g/mol. The summed E-state index contributed by atoms with van der Waals surface area (Å²) in [6, 6.07) is -2.01. The fraction of sp³-hybridized carbons (Fsp3) is 0.500. The summed E-state index contributed by atoms with van der Waals surface area (Å²) in [6.07, 6.45) is 0. The van der Waals surface area contributed by atoms with Crippen LogP contribution in [0.1, 0.15) is 13.8 Å². The molecule has 0 aliphatic carbocycles. The van der Waals surface area contributed by atoms with E-state index in [-0.39, 0.29) is 0 Å². The molecule has 0 aromatic rings. The second kappa shape index (κ2) is 6.04. The molecule has 0 saturated carbocycles. The van der Waals surface area contributed by atoms with Crippen LogP contribution in [0, 0.1) is 10.8 Å². The highest BCUT2D eigenvalue weighted by Gasteiger charge is 2.65. The topological polar surface area (TPSA) is 150 Å². The summed E-state index contributed by atoms with van der Waals surface area (Å²) in [5, 5.41) is 0. The average Bonchev–Trinajstić information content (AvgIpc) is 2.69. The minimum absolute atomic E-state index is 0.487. The molecule has 28 heavy (non-hydrogen) atoms. The zero-order chi connectivity index (χ0) is 21.9. The Morgan fingerprint density at radius 1 is 0.536 bits per heavy atom. The molecule has 150 valence electrons. The SMILES string of the molecule is CN1C(=O)N(C)C(=O)C(C)(C(=O)C(=O)C2(C)C(=O)N(C)C(=O)N(C)C2=O)C1=O. The number of hydrogen-bond donors (Lipinski definition) is 0. The van der Waals surface area contributed by atoms with Gasteiger partial charge in [0, 0.05) is 28.2 Å². The fourth-order valence-electron chi connectivity index (χ4n) is 3.16. The molecule has 0 bridgehead atoms. The lowest BCUT2D eigenvalue weighted by Crippen LogP contribution is -2.70. The van der Waals surface area contributed by atoms with Gasteiger partial charge in [-0.15, -0.1) is 0 Å². The Kier molecular flexibility index (Phi) is 4.50. The Morgan fingerprint density at radius 3 is 0.893 bits per heavy atom. The van der Waals surface area contributed by atoms with E-state index in [0.29, 0.717) is 19.6 Å². The molecule has 12 nitrogen and oxygen atoms in total. The first-order chi connectivity index (χ1) is 12.7. The van der Waals surface area contributed by atoms with Crippen molar-refractivity contribution in [1.82, 2.24) is 19.6 Å². The molecule has 0 N–H and O–H groups in total. The number of carbonyl (C=O) groups is 8. The van der Waals surface area contributed by atoms with Crippen LogP contribution in [0.2, 0.25) is 0 Å². The van der Waals surface area contributed by atoms with Crippen LogP contribution in [0.25, 0.3) is 0 Å². The van der Waals surface area contributed by atoms with Crippen LogP contribution in [0.4, 0.5) is 9.59 Å². The molecule has 2 aliphatic rings. The molecule has 0 aromatic heterocycles. The maximum atomic E-state index is 12.9. The van der Waals surface area contributed by atoms with Crippen LogP contribution in [0.15, 0.2) is 0 Å². The van der Waals surface area contributed by atoms with Gasteiger partial charge in [-0.2, -0.15) is 0 Å². The number of imide groups is 4. The number of urea groups is 2. The highest BCUT2D eigenvalue weighted by atomic mass is 16.2. The summed E-state index contributed by atoms with van der Waals surface area (Å²) >= 11 is 0. The average molecular weight is 394 g/mol. The summed E-state index contributed by atoms with van der Waals surface area (Å²) in [4.78, 5) is 102. The number of amides is 8. The Balaban J connectivity index is 2.58. The quantitative estimate of drug-likeness (QED) is 0.403. The number of Topliss-reactive ketones (excluding diaryl/α,β-unsaturated/α-hetero) is 2. The van der Waals surface area contributed by atoms with Crippen LogP contribution >= 0.6 is 0 Å². The van der Waals surface area contributed by atoms with E-state index in [1.54, 1.807) is 0 Å². The minimum Gasteiger partial charge on any atom is -0.289 e. The van der Waals surface area contributed by atoms with Gasteiger partial charge in [0.1, 0.15) is 0 Å². The fourth-order valence-corrected chi connectivity index (χ4v) is 3.16. The molecule has 0 unspecified atom stereocenters. The van der Waals surface area contributed by atoms with Crippen molar-refractivity contribution in [1.29, 1.82) is 0 Å². The number of barbiturate groups is 2. The summed E-state index contributed by atoms with van der Waals surface area (Å²) in [5.41, 5.74) is -5.28. The normalized spacial score (nSPS) is 22.2. The lowest BCUT2D eigenvalue weighted by atomic mass is 9.71. The highest BCUT2D eigenvalue weighted by Crippen LogP contribution is 2.35. The van der Waals surface area contributed by atoms with Gasteiger partial charge in [0.25, 0.3) is 23.6 Å². The number of ketones is 2. The smallest absolute Gasteiger partial charge is 0.289 e. The molecule has 0 aromatic carbocycles. The first-order valence-electron chi connectivity index (χ1n) is 7.96. The lowest BCUT2D eigenvalue weighted by Gasteiger charge is -2.41. The Hall–Kier alpha value is -3.44. The molecular formula is C16H18N4O8. The Bertz CT molecular complexity index is 771. The van der Waals surface area contributed by atoms with Crippen molar-refractivity contribution in [2.45, 2.75) is 13.8 Å². The zero-order valence-electron chi connectivity index (χ0n) is 16.1. The largest absolute Gasteiger partial charge is 0.332 e. The summed E-state index contributed by atoms with van der Waals surface area (Å²) in [6.45, 7) is 1.69. The molecule has 0 spiro atoms. The monoisotopic (exact) mass is 394 g/mol. The van der Waals surface area contributed by atoms with E-state index in [1.165, 1.54) is 0 Å². The minimum atomic E-state index is -2.64. The summed E-state index contributed by atoms with van der Waals surface area (Å²) < 4.78 is 0. The van der Waals surface area contributed by atoms with Crippen molar-refractivity contribution < 1.29 is 38.4 Å². The molecule has 12 heteroatoms. The zero-order valence-corrected chi connectivity index (χ0v) is 16.1. The van der Waals surface area contributed by atoms with Crippen molar-refractivity contribution in [3.8, 4) is 0 Å². The maximum absolute atomic E-state index is 12.9. The second-order valence-corrected chi connectivity index (χ2v) is 6.93. The van der Waals surface area contributed by atoms with Gasteiger partial charge in [-0.05, 0) is 13.8 Å². The van der Waals surface area contributed by atoms with Crippen LogP contribution in [0.5, 0.6) is 0 Å². The van der Waals surface area contributed by atoms with Gasteiger partial charge < -0.3 is 0 Å². The number of carbonyl (C=O) groups excluding carboxylic acids is 8. The standard InChI is InChI=1S/C16H18N4O8/c1-15(9(23)17(3)13(27)18(4)10(15)24)7(21)8(22)16(2)11(25)19(5)14(28)20(6)12(16)26/h1-6H3. The molecule has 2 fully saturated rings. The molecule has 0 radical (unpaired) electrons. The van der Waals surface area contributed by atoms with Gasteiger partial charge in [-0.3, -0.25) is 48.4 Å². The third-order valence-corrected chi connectivity index (χ3v) is 5.19. The first kappa shape index (κ1) is 20.9. The van der Waals surface area contributed by atoms with Crippen molar-refractivity contribution in [3.63, 3.8) is 0 Å². The van der Waals surface area contributed by atoms with E-state index in [0.717, 1.165) is 42.0 Å². The van der Waals surface area contributed by atoms with E-state index in [9.17, 15) is 38.4 Å². The predicted octanol–water partition coefficient (Wildman–Crippen LogP) is -1.76. The van der Waals surface area contributed by atoms with E-state index in [4.69, 9.17) is 0 Å². The third kappa shape index (κ3) is 2.23. The van der Waals surface area contributed by atoms with Gasteiger partial charge in [-0.1, -0.05) is 0 Å². The predicted molar refractivity (Wildman–Crippen MR) is 88.1 cm³/mol. The lowest BCUT2D eigenvalue weighted by molar-refractivity contribution is -0.170. The first-order valence-corrected chi connectivity index (χ1v) is 7.96. The van der Waals surface area contributed by atoms with Crippen molar-refractivity contribution in [3.05, 3.63) is 0 Å². The van der Waals surface area contributed by atoms with Crippen LogP contribution in [-0.2, 0) is 28.8 Å². The van der Waals surface area contributed by atoms with E-state index in [2.05, 4.69) is 0 Å². The summed E-state index contributed by atoms with van der Waals surface area (Å²) in [7, 11) is 4.07. The van der Waals surface area contributed by atoms with E-state index >= 15 is 0 Å². The molecule has 2 saturated heterocycles. The van der Waals surface area contributed by atoms with E-state index in [1.807, 2.05) is 0 Å². The Labute approximate surface area is 159 Å². The van der Waals surface area contributed by atoms with Gasteiger partial charge >= 0.3 is 12.1 Å².